The van der Waals surface area contributed by atoms with Crippen molar-refractivity contribution < 1.29 is 19.6 Å². The molecule has 1 aliphatic rings. The Morgan fingerprint density at radius 1 is 1.56 bits per heavy atom. The summed E-state index contributed by atoms with van der Waals surface area (Å²) in [5, 5.41) is 19.7. The summed E-state index contributed by atoms with van der Waals surface area (Å²) in [4.78, 5) is 32.3. The summed E-state index contributed by atoms with van der Waals surface area (Å²) in [5.41, 5.74) is 12.6. The molecular weight excluding hydrogens is 244 g/mol. The Labute approximate surface area is 101 Å². The first-order chi connectivity index (χ1) is 8.13. The number of carboxylic acids is 1. The summed E-state index contributed by atoms with van der Waals surface area (Å²) in [7, 11) is 0. The molecule has 0 aromatic heterocycles. The number of carbonyl (C=O) groups excluding carboxylic acids is 1. The van der Waals surface area contributed by atoms with Crippen LogP contribution in [0.25, 0.3) is 0 Å². The minimum absolute atomic E-state index is 0.486. The predicted molar refractivity (Wildman–Crippen MR) is 59.2 cm³/mol. The Morgan fingerprint density at radius 3 is 2.39 bits per heavy atom. The number of nitrogens with zero attached hydrogens (tertiary/aromatic N) is 1. The molecule has 0 radical (unpaired) electrons. The maximum atomic E-state index is 11.4. The summed E-state index contributed by atoms with van der Waals surface area (Å²) >= 11 is 0. The summed E-state index contributed by atoms with van der Waals surface area (Å²) in [6.45, 7) is 1.28. The number of nitro groups is 1. The van der Waals surface area contributed by atoms with Crippen LogP contribution in [-0.2, 0) is 9.59 Å². The molecule has 2 atom stereocenters. The maximum absolute atomic E-state index is 11.4. The van der Waals surface area contributed by atoms with Crippen molar-refractivity contribution in [2.45, 2.75) is 12.5 Å². The molecule has 9 heteroatoms. The quantitative estimate of drug-likeness (QED) is 0.342. The second-order valence-corrected chi connectivity index (χ2v) is 3.91. The highest BCUT2D eigenvalue weighted by Crippen LogP contribution is 2.34. The first kappa shape index (κ1) is 13.6. The molecular formula is C9H12N4O5. The SMILES string of the molecule is CC1C([N+](=O)[O-])=CC(C(=O)O)=C(N)C1(N)C(N)=O. The van der Waals surface area contributed by atoms with Crippen LogP contribution in [0.2, 0.25) is 0 Å². The number of hydrogen-bond donors (Lipinski definition) is 4. The fraction of sp³-hybridized carbons (Fsp3) is 0.333. The highest BCUT2D eigenvalue weighted by molar-refractivity contribution is 5.97. The van der Waals surface area contributed by atoms with E-state index in [0.717, 1.165) is 6.08 Å². The molecule has 18 heavy (non-hydrogen) atoms. The van der Waals surface area contributed by atoms with Gasteiger partial charge in [0.15, 0.2) is 0 Å². The molecule has 0 aromatic rings. The Kier molecular flexibility index (Phi) is 3.11. The summed E-state index contributed by atoms with van der Waals surface area (Å²) in [6.07, 6.45) is 0.788. The Bertz CT molecular complexity index is 509. The van der Waals surface area contributed by atoms with E-state index in [0.29, 0.717) is 0 Å². The van der Waals surface area contributed by atoms with Gasteiger partial charge in [-0.05, 0) is 6.92 Å². The second-order valence-electron chi connectivity index (χ2n) is 3.91. The molecule has 0 saturated heterocycles. The zero-order valence-corrected chi connectivity index (χ0v) is 9.41. The van der Waals surface area contributed by atoms with E-state index in [1.54, 1.807) is 0 Å². The third-order valence-corrected chi connectivity index (χ3v) is 3.00. The number of rotatable bonds is 3. The van der Waals surface area contributed by atoms with Gasteiger partial charge in [-0.25, -0.2) is 4.79 Å². The van der Waals surface area contributed by atoms with Gasteiger partial charge in [0.1, 0.15) is 5.54 Å². The first-order valence-electron chi connectivity index (χ1n) is 4.82. The number of hydrogen-bond acceptors (Lipinski definition) is 6. The zero-order chi connectivity index (χ0) is 14.2. The molecule has 98 valence electrons. The lowest BCUT2D eigenvalue weighted by Gasteiger charge is -2.34. The van der Waals surface area contributed by atoms with E-state index in [2.05, 4.69) is 0 Å². The normalized spacial score (nSPS) is 27.7. The molecule has 0 heterocycles. The standard InChI is InChI=1S/C9H12N4O5/c1-3-5(13(17)18)2-4(7(14)15)6(10)9(3,12)8(11)16/h2-3H,10,12H2,1H3,(H2,11,16)(H,14,15). The number of carbonyl (C=O) groups is 2. The van der Waals surface area contributed by atoms with Crippen LogP contribution in [0, 0.1) is 16.0 Å². The smallest absolute Gasteiger partial charge is 0.337 e. The van der Waals surface area contributed by atoms with Gasteiger partial charge in [0, 0.05) is 6.08 Å². The van der Waals surface area contributed by atoms with Gasteiger partial charge in [-0.2, -0.15) is 0 Å². The van der Waals surface area contributed by atoms with Gasteiger partial charge in [0.05, 0.1) is 22.1 Å². The van der Waals surface area contributed by atoms with Crippen LogP contribution in [0.4, 0.5) is 0 Å². The number of amides is 1. The molecule has 0 fully saturated rings. The van der Waals surface area contributed by atoms with E-state index in [-0.39, 0.29) is 0 Å². The second kappa shape index (κ2) is 4.11. The van der Waals surface area contributed by atoms with Crippen LogP contribution in [0.5, 0.6) is 0 Å². The first-order valence-corrected chi connectivity index (χ1v) is 4.82. The highest BCUT2D eigenvalue weighted by atomic mass is 16.6. The van der Waals surface area contributed by atoms with Crippen molar-refractivity contribution in [3.8, 4) is 0 Å². The summed E-state index contributed by atoms with van der Waals surface area (Å²) < 4.78 is 0. The van der Waals surface area contributed by atoms with Crippen LogP contribution < -0.4 is 17.2 Å². The Balaban J connectivity index is 3.59. The molecule has 1 rings (SSSR count). The van der Waals surface area contributed by atoms with Gasteiger partial charge < -0.3 is 22.3 Å². The van der Waals surface area contributed by atoms with Crippen molar-refractivity contribution in [2.24, 2.45) is 23.1 Å². The van der Waals surface area contributed by atoms with Gasteiger partial charge in [0.2, 0.25) is 5.91 Å². The van der Waals surface area contributed by atoms with Gasteiger partial charge in [0.25, 0.3) is 5.70 Å². The number of carboxylic acid groups (broad SMARTS) is 1. The average Bonchev–Trinajstić information content (AvgIpc) is 2.24. The van der Waals surface area contributed by atoms with E-state index >= 15 is 0 Å². The van der Waals surface area contributed by atoms with Crippen molar-refractivity contribution in [3.05, 3.63) is 33.2 Å². The van der Waals surface area contributed by atoms with E-state index < -0.39 is 45.2 Å². The summed E-state index contributed by atoms with van der Waals surface area (Å²) in [6, 6.07) is 0. The van der Waals surface area contributed by atoms with Crippen LogP contribution in [0.3, 0.4) is 0 Å². The van der Waals surface area contributed by atoms with Gasteiger partial charge >= 0.3 is 5.97 Å². The highest BCUT2D eigenvalue weighted by Gasteiger charge is 2.51. The Morgan fingerprint density at radius 2 is 2.06 bits per heavy atom. The fourth-order valence-corrected chi connectivity index (χ4v) is 1.77. The minimum Gasteiger partial charge on any atom is -0.478 e. The van der Waals surface area contributed by atoms with Crippen LogP contribution >= 0.6 is 0 Å². The molecule has 0 bridgehead atoms. The fourth-order valence-electron chi connectivity index (χ4n) is 1.77. The molecule has 1 amide bonds. The van der Waals surface area contributed by atoms with Gasteiger partial charge in [-0.1, -0.05) is 0 Å². The maximum Gasteiger partial charge on any atom is 0.337 e. The van der Waals surface area contributed by atoms with Crippen molar-refractivity contribution in [3.63, 3.8) is 0 Å². The van der Waals surface area contributed by atoms with Gasteiger partial charge in [-0.3, -0.25) is 14.9 Å². The third-order valence-electron chi connectivity index (χ3n) is 3.00. The van der Waals surface area contributed by atoms with E-state index in [4.69, 9.17) is 22.3 Å². The minimum atomic E-state index is -2.09. The van der Waals surface area contributed by atoms with Gasteiger partial charge in [-0.15, -0.1) is 0 Å². The number of aliphatic carboxylic acids is 1. The van der Waals surface area contributed by atoms with E-state index in [1.807, 2.05) is 0 Å². The molecule has 0 aromatic carbocycles. The monoisotopic (exact) mass is 256 g/mol. The molecule has 0 aliphatic heterocycles. The van der Waals surface area contributed by atoms with Crippen LogP contribution in [0.15, 0.2) is 23.0 Å². The van der Waals surface area contributed by atoms with Crippen molar-refractivity contribution in [1.82, 2.24) is 0 Å². The van der Waals surface area contributed by atoms with Crippen molar-refractivity contribution >= 4 is 11.9 Å². The molecule has 0 spiro atoms. The largest absolute Gasteiger partial charge is 0.478 e. The molecule has 1 aliphatic carbocycles. The van der Waals surface area contributed by atoms with Crippen molar-refractivity contribution in [2.75, 3.05) is 0 Å². The lowest BCUT2D eigenvalue weighted by Crippen LogP contribution is -2.62. The van der Waals surface area contributed by atoms with E-state index in [1.165, 1.54) is 6.92 Å². The van der Waals surface area contributed by atoms with Crippen LogP contribution in [0.1, 0.15) is 6.92 Å². The van der Waals surface area contributed by atoms with Crippen LogP contribution in [-0.4, -0.2) is 27.4 Å². The molecule has 9 nitrogen and oxygen atoms in total. The zero-order valence-electron chi connectivity index (χ0n) is 9.41. The lowest BCUT2D eigenvalue weighted by atomic mass is 9.75. The Hall–Kier alpha value is -2.42. The van der Waals surface area contributed by atoms with Crippen molar-refractivity contribution in [1.29, 1.82) is 0 Å². The van der Waals surface area contributed by atoms with E-state index in [9.17, 15) is 19.7 Å². The number of primary amides is 1. The summed E-state index contributed by atoms with van der Waals surface area (Å²) in [5.74, 6) is -3.78. The molecule has 0 saturated carbocycles. The molecule has 2 unspecified atom stereocenters. The molecule has 7 N–H and O–H groups in total. The number of nitrogens with two attached hydrogens (primary N) is 3. The lowest BCUT2D eigenvalue weighted by molar-refractivity contribution is -0.434. The average molecular weight is 256 g/mol. The topological polar surface area (TPSA) is 176 Å². The predicted octanol–water partition coefficient (Wildman–Crippen LogP) is -1.72. The third kappa shape index (κ3) is 1.70.